The van der Waals surface area contributed by atoms with E-state index >= 15 is 0 Å². The average molecular weight is 257 g/mol. The van der Waals surface area contributed by atoms with Crippen LogP contribution >= 0.6 is 0 Å². The number of nitrogens with two attached hydrogens (primary N) is 1. The van der Waals surface area contributed by atoms with Gasteiger partial charge in [0.1, 0.15) is 18.2 Å². The van der Waals surface area contributed by atoms with Crippen LogP contribution in [0.2, 0.25) is 0 Å². The molecule has 0 bridgehead atoms. The molecule has 0 aromatic carbocycles. The quantitative estimate of drug-likeness (QED) is 0.358. The van der Waals surface area contributed by atoms with E-state index in [9.17, 15) is 5.11 Å². The van der Waals surface area contributed by atoms with Crippen molar-refractivity contribution in [2.75, 3.05) is 38.1 Å². The summed E-state index contributed by atoms with van der Waals surface area (Å²) in [5.41, 5.74) is 2.45. The summed E-state index contributed by atoms with van der Waals surface area (Å²) in [4.78, 5) is 8.31. The van der Waals surface area contributed by atoms with Gasteiger partial charge in [-0.15, -0.1) is 0 Å². The maximum absolute atomic E-state index is 9.51. The Hall–Kier alpha value is -1.48. The molecule has 1 unspecified atom stereocenters. The van der Waals surface area contributed by atoms with Gasteiger partial charge in [0, 0.05) is 26.8 Å². The number of hydrogen-bond acceptors (Lipinski definition) is 8. The highest BCUT2D eigenvalue weighted by atomic mass is 16.5. The van der Waals surface area contributed by atoms with Gasteiger partial charge in [-0.05, 0) is 0 Å². The van der Waals surface area contributed by atoms with Gasteiger partial charge in [0.05, 0.1) is 12.7 Å². The van der Waals surface area contributed by atoms with Crippen LogP contribution < -0.4 is 16.6 Å². The molecule has 0 aliphatic rings. The van der Waals surface area contributed by atoms with Gasteiger partial charge in [0.15, 0.2) is 5.82 Å². The Morgan fingerprint density at radius 2 is 2.06 bits per heavy atom. The normalized spacial score (nSPS) is 12.2. The monoisotopic (exact) mass is 257 g/mol. The standard InChI is InChI=1S/C10H19N5O3/c1-17-5-7(16)4-12-8-3-9(15-11)14-10(13-8)6-18-2/h3,7,16H,4-6,11H2,1-2H3,(H2,12,13,14,15). The summed E-state index contributed by atoms with van der Waals surface area (Å²) < 4.78 is 9.78. The highest BCUT2D eigenvalue weighted by Gasteiger charge is 2.06. The van der Waals surface area contributed by atoms with Crippen LogP contribution in [0, 0.1) is 0 Å². The van der Waals surface area contributed by atoms with Crippen molar-refractivity contribution in [2.24, 2.45) is 5.84 Å². The van der Waals surface area contributed by atoms with E-state index in [-0.39, 0.29) is 13.2 Å². The molecule has 0 radical (unpaired) electrons. The third-order valence-electron chi connectivity index (χ3n) is 2.07. The molecule has 0 aliphatic carbocycles. The highest BCUT2D eigenvalue weighted by molar-refractivity contribution is 5.46. The molecular weight excluding hydrogens is 238 g/mol. The second kappa shape index (κ2) is 7.77. The van der Waals surface area contributed by atoms with Gasteiger partial charge in [-0.25, -0.2) is 15.8 Å². The Balaban J connectivity index is 2.65. The molecule has 5 N–H and O–H groups in total. The number of anilines is 2. The van der Waals surface area contributed by atoms with Gasteiger partial charge in [0.25, 0.3) is 0 Å². The molecule has 0 fully saturated rings. The van der Waals surface area contributed by atoms with Crippen LogP contribution in [0.5, 0.6) is 0 Å². The molecule has 0 aliphatic heterocycles. The lowest BCUT2D eigenvalue weighted by atomic mass is 10.3. The van der Waals surface area contributed by atoms with Gasteiger partial charge in [-0.1, -0.05) is 0 Å². The number of methoxy groups -OCH3 is 2. The van der Waals surface area contributed by atoms with Gasteiger partial charge >= 0.3 is 0 Å². The van der Waals surface area contributed by atoms with E-state index in [0.717, 1.165) is 0 Å². The second-order valence-corrected chi connectivity index (χ2v) is 3.62. The number of aliphatic hydroxyl groups is 1. The molecule has 8 nitrogen and oxygen atoms in total. The number of nitrogens with one attached hydrogen (secondary N) is 2. The lowest BCUT2D eigenvalue weighted by Gasteiger charge is -2.12. The first-order chi connectivity index (χ1) is 8.69. The number of aliphatic hydroxyl groups excluding tert-OH is 1. The molecule has 8 heteroatoms. The maximum Gasteiger partial charge on any atom is 0.158 e. The van der Waals surface area contributed by atoms with Crippen LogP contribution in [0.4, 0.5) is 11.6 Å². The molecule has 0 amide bonds. The number of hydrazine groups is 1. The molecule has 1 rings (SSSR count). The second-order valence-electron chi connectivity index (χ2n) is 3.62. The first-order valence-corrected chi connectivity index (χ1v) is 5.44. The van der Waals surface area contributed by atoms with Crippen molar-refractivity contribution < 1.29 is 14.6 Å². The van der Waals surface area contributed by atoms with Crippen LogP contribution in [-0.4, -0.2) is 48.5 Å². The molecule has 0 spiro atoms. The van der Waals surface area contributed by atoms with Gasteiger partial charge in [-0.2, -0.15) is 0 Å². The molecule has 0 saturated heterocycles. The predicted molar refractivity (Wildman–Crippen MR) is 66.9 cm³/mol. The van der Waals surface area contributed by atoms with Gasteiger partial charge in [0.2, 0.25) is 0 Å². The zero-order valence-electron chi connectivity index (χ0n) is 10.5. The largest absolute Gasteiger partial charge is 0.389 e. The summed E-state index contributed by atoms with van der Waals surface area (Å²) in [6.07, 6.45) is -0.606. The topological polar surface area (TPSA) is 115 Å². The minimum Gasteiger partial charge on any atom is -0.389 e. The fourth-order valence-electron chi connectivity index (χ4n) is 1.33. The van der Waals surface area contributed by atoms with E-state index in [2.05, 4.69) is 20.7 Å². The highest BCUT2D eigenvalue weighted by Crippen LogP contribution is 2.10. The van der Waals surface area contributed by atoms with Crippen molar-refractivity contribution in [1.29, 1.82) is 0 Å². The fraction of sp³-hybridized carbons (Fsp3) is 0.600. The van der Waals surface area contributed by atoms with Crippen molar-refractivity contribution in [3.8, 4) is 0 Å². The number of nitrogen functional groups attached to an aromatic ring is 1. The van der Waals surface area contributed by atoms with E-state index in [1.165, 1.54) is 7.11 Å². The summed E-state index contributed by atoms with van der Waals surface area (Å²) in [6.45, 7) is 0.858. The summed E-state index contributed by atoms with van der Waals surface area (Å²) in [5, 5.41) is 12.5. The molecule has 0 saturated carbocycles. The van der Waals surface area contributed by atoms with Crippen LogP contribution in [0.1, 0.15) is 5.82 Å². The van der Waals surface area contributed by atoms with Gasteiger partial charge in [-0.3, -0.25) is 0 Å². The zero-order valence-corrected chi connectivity index (χ0v) is 10.5. The van der Waals surface area contributed by atoms with Crippen molar-refractivity contribution in [2.45, 2.75) is 12.7 Å². The molecule has 1 atom stereocenters. The number of nitrogens with zero attached hydrogens (tertiary/aromatic N) is 2. The minimum atomic E-state index is -0.606. The molecule has 1 aromatic heterocycles. The summed E-state index contributed by atoms with van der Waals surface area (Å²) in [5.74, 6) is 6.83. The van der Waals surface area contributed by atoms with Crippen molar-refractivity contribution in [3.63, 3.8) is 0 Å². The molecule has 1 aromatic rings. The Bertz CT molecular complexity index is 363. The van der Waals surface area contributed by atoms with Crippen LogP contribution in [0.3, 0.4) is 0 Å². The first kappa shape index (κ1) is 14.6. The summed E-state index contributed by atoms with van der Waals surface area (Å²) in [6, 6.07) is 1.64. The molecular formula is C10H19N5O3. The van der Waals surface area contributed by atoms with E-state index in [0.29, 0.717) is 24.0 Å². The first-order valence-electron chi connectivity index (χ1n) is 5.44. The Kier molecular flexibility index (Phi) is 6.29. The lowest BCUT2D eigenvalue weighted by Crippen LogP contribution is -2.25. The molecule has 18 heavy (non-hydrogen) atoms. The predicted octanol–water partition coefficient (Wildman–Crippen LogP) is -0.672. The Labute approximate surface area is 105 Å². The molecule has 1 heterocycles. The summed E-state index contributed by atoms with van der Waals surface area (Å²) in [7, 11) is 3.09. The van der Waals surface area contributed by atoms with Crippen LogP contribution in [0.25, 0.3) is 0 Å². The van der Waals surface area contributed by atoms with Crippen molar-refractivity contribution >= 4 is 11.6 Å². The maximum atomic E-state index is 9.51. The third kappa shape index (κ3) is 4.80. The third-order valence-corrected chi connectivity index (χ3v) is 2.07. The van der Waals surface area contributed by atoms with Crippen molar-refractivity contribution in [3.05, 3.63) is 11.9 Å². The molecule has 102 valence electrons. The average Bonchev–Trinajstić information content (AvgIpc) is 2.37. The van der Waals surface area contributed by atoms with E-state index in [1.807, 2.05) is 0 Å². The fourth-order valence-corrected chi connectivity index (χ4v) is 1.33. The van der Waals surface area contributed by atoms with Crippen LogP contribution in [-0.2, 0) is 16.1 Å². The van der Waals surface area contributed by atoms with E-state index in [4.69, 9.17) is 15.3 Å². The minimum absolute atomic E-state index is 0.255. The smallest absolute Gasteiger partial charge is 0.158 e. The Morgan fingerprint density at radius 1 is 1.33 bits per heavy atom. The zero-order chi connectivity index (χ0) is 13.4. The number of aromatic nitrogens is 2. The van der Waals surface area contributed by atoms with E-state index in [1.54, 1.807) is 13.2 Å². The number of rotatable bonds is 8. The lowest BCUT2D eigenvalue weighted by molar-refractivity contribution is 0.0727. The number of ether oxygens (including phenoxy) is 2. The Morgan fingerprint density at radius 3 is 2.67 bits per heavy atom. The summed E-state index contributed by atoms with van der Waals surface area (Å²) >= 11 is 0. The van der Waals surface area contributed by atoms with Gasteiger partial charge < -0.3 is 25.3 Å². The van der Waals surface area contributed by atoms with Crippen molar-refractivity contribution in [1.82, 2.24) is 9.97 Å². The van der Waals surface area contributed by atoms with Crippen LogP contribution in [0.15, 0.2) is 6.07 Å². The van der Waals surface area contributed by atoms with E-state index < -0.39 is 6.10 Å². The SMILES string of the molecule is COCc1nc(NN)cc(NCC(O)COC)n1. The number of hydrogen-bond donors (Lipinski definition) is 4.